The van der Waals surface area contributed by atoms with Crippen molar-refractivity contribution in [2.24, 2.45) is 0 Å². The molecule has 3 nitrogen and oxygen atoms in total. The first-order valence-electron chi connectivity index (χ1n) is 7.77. The van der Waals surface area contributed by atoms with Crippen LogP contribution in [-0.2, 0) is 6.42 Å². The smallest absolute Gasteiger partial charge is 0.126 e. The van der Waals surface area contributed by atoms with Gasteiger partial charge < -0.3 is 10.1 Å². The summed E-state index contributed by atoms with van der Waals surface area (Å²) in [5, 5.41) is 14.8. The number of nitrogens with one attached hydrogen (secondary N) is 1. The topological polar surface area (TPSA) is 45.0 Å². The zero-order valence-corrected chi connectivity index (χ0v) is 13.5. The van der Waals surface area contributed by atoms with Crippen molar-refractivity contribution in [3.63, 3.8) is 0 Å². The molecule has 0 atom stereocenters. The summed E-state index contributed by atoms with van der Waals surface area (Å²) in [5.74, 6) is 0.847. The summed E-state index contributed by atoms with van der Waals surface area (Å²) < 4.78 is 5.43. The Bertz CT molecular complexity index is 908. The van der Waals surface area contributed by atoms with Gasteiger partial charge in [-0.15, -0.1) is 0 Å². The van der Waals surface area contributed by atoms with E-state index in [1.807, 2.05) is 60.7 Å². The van der Waals surface area contributed by atoms with Crippen molar-refractivity contribution in [2.45, 2.75) is 6.42 Å². The minimum Gasteiger partial charge on any atom is -0.496 e. The number of allylic oxidation sites excluding steroid dienone is 1. The highest BCUT2D eigenvalue weighted by Gasteiger charge is 2.08. The number of rotatable bonds is 5. The van der Waals surface area contributed by atoms with Crippen LogP contribution in [0.15, 0.2) is 78.5 Å². The predicted molar refractivity (Wildman–Crippen MR) is 98.0 cm³/mol. The monoisotopic (exact) mass is 314 g/mol. The summed E-state index contributed by atoms with van der Waals surface area (Å²) in [7, 11) is 1.67. The van der Waals surface area contributed by atoms with Crippen LogP contribution in [-0.4, -0.2) is 7.11 Å². The number of hydrogen-bond acceptors (Lipinski definition) is 3. The molecule has 0 fully saturated rings. The molecule has 0 saturated heterocycles. The average Bonchev–Trinajstić information content (AvgIpc) is 2.66. The van der Waals surface area contributed by atoms with Gasteiger partial charge in [0.25, 0.3) is 0 Å². The predicted octanol–water partition coefficient (Wildman–Crippen LogP) is 4.91. The maximum absolute atomic E-state index is 9.46. The van der Waals surface area contributed by atoms with Crippen LogP contribution in [0.4, 0.5) is 5.69 Å². The number of para-hydroxylation sites is 1. The molecule has 118 valence electrons. The van der Waals surface area contributed by atoms with Gasteiger partial charge in [0.15, 0.2) is 0 Å². The highest BCUT2D eigenvalue weighted by atomic mass is 16.5. The van der Waals surface area contributed by atoms with E-state index in [2.05, 4.69) is 17.5 Å². The molecule has 0 saturated carbocycles. The molecule has 1 N–H and O–H groups in total. The molecule has 3 aromatic carbocycles. The first-order valence-corrected chi connectivity index (χ1v) is 7.77. The molecule has 0 heterocycles. The van der Waals surface area contributed by atoms with Gasteiger partial charge in [-0.1, -0.05) is 48.5 Å². The molecule has 0 bridgehead atoms. The molecule has 0 aliphatic rings. The third-order valence-electron chi connectivity index (χ3n) is 3.91. The zero-order valence-electron chi connectivity index (χ0n) is 13.5. The third kappa shape index (κ3) is 3.39. The molecule has 0 unspecified atom stereocenters. The molecule has 3 heteroatoms. The fourth-order valence-corrected chi connectivity index (χ4v) is 2.70. The lowest BCUT2D eigenvalue weighted by Crippen LogP contribution is -1.96. The summed E-state index contributed by atoms with van der Waals surface area (Å²) in [6.07, 6.45) is 2.34. The van der Waals surface area contributed by atoms with Crippen LogP contribution in [0, 0.1) is 11.3 Å². The Labute approximate surface area is 141 Å². The van der Waals surface area contributed by atoms with Gasteiger partial charge in [0.05, 0.1) is 13.2 Å². The van der Waals surface area contributed by atoms with Crippen LogP contribution in [0.1, 0.15) is 5.56 Å². The Kier molecular flexibility index (Phi) is 4.78. The fraction of sp³-hybridized carbons (Fsp3) is 0.0952. The molecule has 0 radical (unpaired) electrons. The van der Waals surface area contributed by atoms with E-state index < -0.39 is 0 Å². The van der Waals surface area contributed by atoms with Gasteiger partial charge in [-0.2, -0.15) is 5.26 Å². The fourth-order valence-electron chi connectivity index (χ4n) is 2.70. The Balaban J connectivity index is 1.89. The normalized spacial score (nSPS) is 11.1. The summed E-state index contributed by atoms with van der Waals surface area (Å²) in [6, 6.07) is 24.2. The highest BCUT2D eigenvalue weighted by Crippen LogP contribution is 2.29. The lowest BCUT2D eigenvalue weighted by Gasteiger charge is -2.10. The summed E-state index contributed by atoms with van der Waals surface area (Å²) in [5.41, 5.74) is 2.74. The van der Waals surface area contributed by atoms with Gasteiger partial charge in [-0.3, -0.25) is 0 Å². The Morgan fingerprint density at radius 3 is 2.42 bits per heavy atom. The number of hydrogen-bond donors (Lipinski definition) is 1. The summed E-state index contributed by atoms with van der Waals surface area (Å²) >= 11 is 0. The molecule has 0 aromatic heterocycles. The van der Waals surface area contributed by atoms with Gasteiger partial charge in [-0.25, -0.2) is 0 Å². The van der Waals surface area contributed by atoms with Gasteiger partial charge in [0.1, 0.15) is 5.75 Å². The lowest BCUT2D eigenvalue weighted by molar-refractivity contribution is 0.419. The molecule has 0 aliphatic carbocycles. The first-order chi connectivity index (χ1) is 11.8. The molecule has 0 aliphatic heterocycles. The number of nitrogens with zero attached hydrogens (tertiary/aromatic N) is 1. The molecular formula is C21H18N2O. The van der Waals surface area contributed by atoms with E-state index in [1.54, 1.807) is 13.3 Å². The van der Waals surface area contributed by atoms with E-state index in [1.165, 1.54) is 0 Å². The highest BCUT2D eigenvalue weighted by molar-refractivity contribution is 5.91. The van der Waals surface area contributed by atoms with E-state index >= 15 is 0 Å². The number of nitriles is 1. The third-order valence-corrected chi connectivity index (χ3v) is 3.91. The number of anilines is 1. The van der Waals surface area contributed by atoms with E-state index in [0.717, 1.165) is 27.8 Å². The summed E-state index contributed by atoms with van der Waals surface area (Å²) in [4.78, 5) is 0. The number of fused-ring (bicyclic) bond motifs is 1. The maximum atomic E-state index is 9.46. The van der Waals surface area contributed by atoms with Crippen molar-refractivity contribution >= 4 is 16.5 Å². The molecule has 0 spiro atoms. The van der Waals surface area contributed by atoms with Gasteiger partial charge in [-0.05, 0) is 29.1 Å². The van der Waals surface area contributed by atoms with Crippen molar-refractivity contribution in [3.05, 3.63) is 84.1 Å². The number of ether oxygens (including phenoxy) is 1. The second-order valence-corrected chi connectivity index (χ2v) is 5.44. The Morgan fingerprint density at radius 2 is 1.71 bits per heavy atom. The Morgan fingerprint density at radius 1 is 1.00 bits per heavy atom. The van der Waals surface area contributed by atoms with E-state index in [9.17, 15) is 5.26 Å². The van der Waals surface area contributed by atoms with Crippen molar-refractivity contribution in [2.75, 3.05) is 12.4 Å². The van der Waals surface area contributed by atoms with Crippen LogP contribution in [0.3, 0.4) is 0 Å². The van der Waals surface area contributed by atoms with Crippen molar-refractivity contribution < 1.29 is 4.74 Å². The molecular weight excluding hydrogens is 296 g/mol. The first kappa shape index (κ1) is 15.6. The van der Waals surface area contributed by atoms with Crippen molar-refractivity contribution in [1.29, 1.82) is 5.26 Å². The molecule has 24 heavy (non-hydrogen) atoms. The van der Waals surface area contributed by atoms with Crippen LogP contribution in [0.2, 0.25) is 0 Å². The Hall–Kier alpha value is -3.25. The van der Waals surface area contributed by atoms with Gasteiger partial charge >= 0.3 is 0 Å². The zero-order chi connectivity index (χ0) is 16.8. The lowest BCUT2D eigenvalue weighted by atomic mass is 9.98. The number of benzene rings is 3. The largest absolute Gasteiger partial charge is 0.496 e. The van der Waals surface area contributed by atoms with Crippen LogP contribution < -0.4 is 10.1 Å². The SMILES string of the molecule is COc1ccc(C/C(C#N)=C\Nc2ccccc2)c2ccccc12. The van der Waals surface area contributed by atoms with E-state index in [0.29, 0.717) is 12.0 Å². The van der Waals surface area contributed by atoms with Crippen LogP contribution >= 0.6 is 0 Å². The minimum absolute atomic E-state index is 0.570. The molecule has 0 amide bonds. The van der Waals surface area contributed by atoms with E-state index in [-0.39, 0.29) is 0 Å². The number of methoxy groups -OCH3 is 1. The van der Waals surface area contributed by atoms with Crippen molar-refractivity contribution in [1.82, 2.24) is 0 Å². The van der Waals surface area contributed by atoms with Crippen LogP contribution in [0.5, 0.6) is 5.75 Å². The minimum atomic E-state index is 0.570. The molecule has 3 aromatic rings. The quantitative estimate of drug-likeness (QED) is 0.681. The van der Waals surface area contributed by atoms with Crippen LogP contribution in [0.25, 0.3) is 10.8 Å². The maximum Gasteiger partial charge on any atom is 0.126 e. The molecule has 3 rings (SSSR count). The van der Waals surface area contributed by atoms with E-state index in [4.69, 9.17) is 4.74 Å². The second-order valence-electron chi connectivity index (χ2n) is 5.44. The standard InChI is InChI=1S/C21H18N2O/c1-24-21-12-11-17(19-9-5-6-10-20(19)21)13-16(14-22)15-23-18-7-3-2-4-8-18/h2-12,15,23H,13H2,1H3/b16-15+. The second kappa shape index (κ2) is 7.34. The van der Waals surface area contributed by atoms with Gasteiger partial charge in [0.2, 0.25) is 0 Å². The summed E-state index contributed by atoms with van der Waals surface area (Å²) in [6.45, 7) is 0. The van der Waals surface area contributed by atoms with Crippen molar-refractivity contribution in [3.8, 4) is 11.8 Å². The average molecular weight is 314 g/mol. The van der Waals surface area contributed by atoms with Gasteiger partial charge in [0, 0.05) is 29.3 Å².